The average Bonchev–Trinajstić information content (AvgIpc) is 2.81. The van der Waals surface area contributed by atoms with Crippen molar-refractivity contribution in [2.45, 2.75) is 25.8 Å². The summed E-state index contributed by atoms with van der Waals surface area (Å²) in [5.41, 5.74) is 0.104. The summed E-state index contributed by atoms with van der Waals surface area (Å²) < 4.78 is 32.5. The lowest BCUT2D eigenvalue weighted by atomic mass is 10.2. The Kier molecular flexibility index (Phi) is 4.08. The number of anilines is 1. The molecule has 1 aromatic rings. The molecule has 2 heterocycles. The predicted molar refractivity (Wildman–Crippen MR) is 67.8 cm³/mol. The van der Waals surface area contributed by atoms with E-state index in [0.717, 1.165) is 0 Å². The number of esters is 1. The molecular weight excluding hydrogens is 272 g/mol. The van der Waals surface area contributed by atoms with Crippen LogP contribution in [0.1, 0.15) is 30.3 Å². The maximum absolute atomic E-state index is 11.4. The average molecular weight is 288 g/mol. The summed E-state index contributed by atoms with van der Waals surface area (Å²) in [7, 11) is -2.89. The first kappa shape index (κ1) is 13.9. The molecule has 1 aliphatic rings. The Hall–Kier alpha value is -1.57. The molecule has 2 rings (SSSR count). The van der Waals surface area contributed by atoms with Crippen molar-refractivity contribution in [3.05, 3.63) is 12.0 Å². The van der Waals surface area contributed by atoms with Crippen molar-refractivity contribution in [1.29, 1.82) is 0 Å². The monoisotopic (exact) mass is 288 g/mol. The van der Waals surface area contributed by atoms with Crippen LogP contribution in [-0.4, -0.2) is 43.5 Å². The van der Waals surface area contributed by atoms with E-state index in [4.69, 9.17) is 9.15 Å². The zero-order valence-electron chi connectivity index (χ0n) is 10.6. The molecule has 0 aromatic carbocycles. The zero-order valence-corrected chi connectivity index (χ0v) is 11.4. The Morgan fingerprint density at radius 3 is 2.84 bits per heavy atom. The molecule has 1 aromatic heterocycles. The SMILES string of the molecule is CCOC(=O)c1coc(NC2CCS(=O)(=O)CC2)n1. The van der Waals surface area contributed by atoms with E-state index in [1.807, 2.05) is 0 Å². The van der Waals surface area contributed by atoms with Gasteiger partial charge in [-0.05, 0) is 19.8 Å². The highest BCUT2D eigenvalue weighted by molar-refractivity contribution is 7.91. The number of hydrogen-bond donors (Lipinski definition) is 1. The van der Waals surface area contributed by atoms with Gasteiger partial charge in [-0.15, -0.1) is 0 Å². The quantitative estimate of drug-likeness (QED) is 0.819. The van der Waals surface area contributed by atoms with Gasteiger partial charge < -0.3 is 14.5 Å². The molecule has 1 aliphatic heterocycles. The highest BCUT2D eigenvalue weighted by atomic mass is 32.2. The summed E-state index contributed by atoms with van der Waals surface area (Å²) in [6, 6.07) is 0.213. The lowest BCUT2D eigenvalue weighted by molar-refractivity contribution is 0.0519. The molecule has 0 saturated carbocycles. The molecule has 0 radical (unpaired) electrons. The molecule has 0 unspecified atom stereocenters. The van der Waals surface area contributed by atoms with Crippen molar-refractivity contribution >= 4 is 21.8 Å². The molecule has 0 bridgehead atoms. The maximum Gasteiger partial charge on any atom is 0.360 e. The van der Waals surface area contributed by atoms with Crippen molar-refractivity contribution < 1.29 is 22.4 Å². The van der Waals surface area contributed by atoms with Crippen LogP contribution in [0.5, 0.6) is 0 Å². The fourth-order valence-corrected chi connectivity index (χ4v) is 3.34. The van der Waals surface area contributed by atoms with E-state index in [1.54, 1.807) is 6.92 Å². The first-order valence-corrected chi connectivity index (χ1v) is 7.92. The third kappa shape index (κ3) is 3.69. The molecule has 1 N–H and O–H groups in total. The minimum atomic E-state index is -2.89. The van der Waals surface area contributed by atoms with Crippen LogP contribution in [-0.2, 0) is 14.6 Å². The highest BCUT2D eigenvalue weighted by Gasteiger charge is 2.24. The number of carbonyl (C=O) groups excluding carboxylic acids is 1. The fourth-order valence-electron chi connectivity index (χ4n) is 1.85. The van der Waals surface area contributed by atoms with E-state index < -0.39 is 15.8 Å². The van der Waals surface area contributed by atoms with E-state index in [1.165, 1.54) is 6.26 Å². The first-order chi connectivity index (χ1) is 9.00. The summed E-state index contributed by atoms with van der Waals surface area (Å²) in [5, 5.41) is 2.99. The lowest BCUT2D eigenvalue weighted by Gasteiger charge is -2.21. The fraction of sp³-hybridized carbons (Fsp3) is 0.636. The number of hydrogen-bond acceptors (Lipinski definition) is 7. The molecule has 0 atom stereocenters. The van der Waals surface area contributed by atoms with E-state index >= 15 is 0 Å². The minimum absolute atomic E-state index is 0.00257. The number of aromatic nitrogens is 1. The number of oxazole rings is 1. The summed E-state index contributed by atoms with van der Waals surface area (Å²) in [6.07, 6.45) is 2.25. The van der Waals surface area contributed by atoms with Gasteiger partial charge >= 0.3 is 5.97 Å². The number of carbonyl (C=O) groups is 1. The van der Waals surface area contributed by atoms with Crippen molar-refractivity contribution in [3.8, 4) is 0 Å². The van der Waals surface area contributed by atoms with Crippen LogP contribution in [0, 0.1) is 0 Å². The van der Waals surface area contributed by atoms with Crippen LogP contribution in [0.3, 0.4) is 0 Å². The molecule has 1 saturated heterocycles. The van der Waals surface area contributed by atoms with Crippen molar-refractivity contribution in [1.82, 2.24) is 4.98 Å². The van der Waals surface area contributed by atoms with Gasteiger partial charge in [-0.2, -0.15) is 4.98 Å². The second-order valence-electron chi connectivity index (χ2n) is 4.33. The number of nitrogens with zero attached hydrogens (tertiary/aromatic N) is 1. The van der Waals surface area contributed by atoms with Gasteiger partial charge in [0, 0.05) is 6.04 Å². The van der Waals surface area contributed by atoms with Crippen LogP contribution in [0.2, 0.25) is 0 Å². The predicted octanol–water partition coefficient (Wildman–Crippen LogP) is 0.840. The van der Waals surface area contributed by atoms with Gasteiger partial charge in [0.2, 0.25) is 0 Å². The standard InChI is InChI=1S/C11H16N2O5S/c1-2-17-10(14)9-7-18-11(13-9)12-8-3-5-19(15,16)6-4-8/h7-8H,2-6H2,1H3,(H,12,13). The van der Waals surface area contributed by atoms with Gasteiger partial charge in [-0.1, -0.05) is 0 Å². The van der Waals surface area contributed by atoms with Gasteiger partial charge in [0.15, 0.2) is 5.69 Å². The first-order valence-electron chi connectivity index (χ1n) is 6.10. The van der Waals surface area contributed by atoms with Gasteiger partial charge in [-0.25, -0.2) is 13.2 Å². The molecule has 0 amide bonds. The second-order valence-corrected chi connectivity index (χ2v) is 6.63. The minimum Gasteiger partial charge on any atom is -0.461 e. The molecule has 8 heteroatoms. The summed E-state index contributed by atoms with van der Waals surface area (Å²) in [4.78, 5) is 15.3. The number of rotatable bonds is 4. The molecule has 0 spiro atoms. The lowest BCUT2D eigenvalue weighted by Crippen LogP contribution is -2.32. The normalized spacial score (nSPS) is 19.0. The second kappa shape index (κ2) is 5.60. The highest BCUT2D eigenvalue weighted by Crippen LogP contribution is 2.17. The van der Waals surface area contributed by atoms with Crippen LogP contribution in [0.15, 0.2) is 10.7 Å². The zero-order chi connectivity index (χ0) is 13.9. The third-order valence-electron chi connectivity index (χ3n) is 2.87. The van der Waals surface area contributed by atoms with Gasteiger partial charge in [0.1, 0.15) is 16.1 Å². The largest absolute Gasteiger partial charge is 0.461 e. The van der Waals surface area contributed by atoms with E-state index in [2.05, 4.69) is 10.3 Å². The van der Waals surface area contributed by atoms with Crippen molar-refractivity contribution in [2.75, 3.05) is 23.4 Å². The smallest absolute Gasteiger partial charge is 0.360 e. The molecule has 0 aliphatic carbocycles. The van der Waals surface area contributed by atoms with Gasteiger partial charge in [0.05, 0.1) is 18.1 Å². The Bertz CT molecular complexity index is 537. The Morgan fingerprint density at radius 1 is 1.53 bits per heavy atom. The molecule has 106 valence electrons. The molecule has 7 nitrogen and oxygen atoms in total. The maximum atomic E-state index is 11.4. The summed E-state index contributed by atoms with van der Waals surface area (Å²) in [6.45, 7) is 1.98. The van der Waals surface area contributed by atoms with Crippen LogP contribution < -0.4 is 5.32 Å². The number of nitrogens with one attached hydrogen (secondary N) is 1. The molecule has 1 fully saturated rings. The Morgan fingerprint density at radius 2 is 2.21 bits per heavy atom. The number of ether oxygens (including phenoxy) is 1. The van der Waals surface area contributed by atoms with E-state index in [-0.39, 0.29) is 35.9 Å². The third-order valence-corrected chi connectivity index (χ3v) is 4.59. The van der Waals surface area contributed by atoms with E-state index in [9.17, 15) is 13.2 Å². The van der Waals surface area contributed by atoms with Crippen LogP contribution >= 0.6 is 0 Å². The van der Waals surface area contributed by atoms with Crippen molar-refractivity contribution in [2.24, 2.45) is 0 Å². The molecular formula is C11H16N2O5S. The van der Waals surface area contributed by atoms with E-state index in [0.29, 0.717) is 12.8 Å². The summed E-state index contributed by atoms with van der Waals surface area (Å²) >= 11 is 0. The van der Waals surface area contributed by atoms with Crippen LogP contribution in [0.4, 0.5) is 6.01 Å². The molecule has 19 heavy (non-hydrogen) atoms. The summed E-state index contributed by atoms with van der Waals surface area (Å²) in [5.74, 6) is -0.211. The van der Waals surface area contributed by atoms with Gasteiger partial charge in [0.25, 0.3) is 6.01 Å². The van der Waals surface area contributed by atoms with Gasteiger partial charge in [-0.3, -0.25) is 0 Å². The van der Waals surface area contributed by atoms with Crippen LogP contribution in [0.25, 0.3) is 0 Å². The van der Waals surface area contributed by atoms with Crippen molar-refractivity contribution in [3.63, 3.8) is 0 Å². The number of sulfone groups is 1. The Labute approximate surface area is 111 Å². The topological polar surface area (TPSA) is 98.5 Å². The Balaban J connectivity index is 1.92.